The molecule has 0 aromatic carbocycles. The standard InChI is InChI=1S/C81H155NO5/c1-3-5-7-9-11-13-15-17-19-21-22-23-24-32-35-38-42-45-49-53-57-61-65-69-73-79(84)78(77-83)82-80(85)74-70-66-62-58-54-50-46-43-39-36-33-30-28-26-25-27-29-31-34-37-40-44-48-52-56-60-64-68-72-76-87-81(86)75-71-67-63-59-55-51-47-41-20-18-16-14-12-10-8-6-4-2/h18,20,25,27,69,73,78-79,83-84H,3-17,19,21-24,26,28-68,70-72,74-77H2,1-2H3,(H,82,85)/b20-18-,27-25-,73-69+. The van der Waals surface area contributed by atoms with E-state index in [-0.39, 0.29) is 18.5 Å². The number of hydrogen-bond acceptors (Lipinski definition) is 5. The number of aliphatic hydroxyl groups excluding tert-OH is 2. The SMILES string of the molecule is CCCCCCCC/C=C\CCCCCCCCCC(=O)OCCCCCCCCCCCCCC/C=C\CCCCCCCCCCCCCCCC(=O)NC(CO)C(O)/C=C/CCCCCCCCCCCCCCCCCCCCCCCC. The molecule has 0 aliphatic rings. The van der Waals surface area contributed by atoms with Gasteiger partial charge in [0.25, 0.3) is 0 Å². The second-order valence-corrected chi connectivity index (χ2v) is 27.4. The van der Waals surface area contributed by atoms with Crippen molar-refractivity contribution in [2.45, 2.75) is 456 Å². The number of rotatable bonds is 75. The number of ether oxygens (including phenoxy) is 1. The summed E-state index contributed by atoms with van der Waals surface area (Å²) >= 11 is 0. The van der Waals surface area contributed by atoms with E-state index in [9.17, 15) is 19.8 Å². The number of carbonyl (C=O) groups is 2. The molecule has 0 aliphatic carbocycles. The van der Waals surface area contributed by atoms with Gasteiger partial charge in [-0.15, -0.1) is 0 Å². The van der Waals surface area contributed by atoms with Crippen LogP contribution in [0.3, 0.4) is 0 Å². The number of hydrogen-bond donors (Lipinski definition) is 3. The first kappa shape index (κ1) is 85.1. The van der Waals surface area contributed by atoms with Crippen LogP contribution in [0.5, 0.6) is 0 Å². The smallest absolute Gasteiger partial charge is 0.305 e. The molecule has 0 heterocycles. The van der Waals surface area contributed by atoms with Gasteiger partial charge in [-0.25, -0.2) is 0 Å². The fraction of sp³-hybridized carbons (Fsp3) is 0.901. The molecule has 87 heavy (non-hydrogen) atoms. The minimum Gasteiger partial charge on any atom is -0.466 e. The minimum atomic E-state index is -0.846. The number of allylic oxidation sites excluding steroid dienone is 5. The van der Waals surface area contributed by atoms with Crippen molar-refractivity contribution >= 4 is 11.9 Å². The van der Waals surface area contributed by atoms with Crippen molar-refractivity contribution in [1.82, 2.24) is 5.32 Å². The Morgan fingerprint density at radius 3 is 0.816 bits per heavy atom. The molecule has 6 heteroatoms. The summed E-state index contributed by atoms with van der Waals surface area (Å²) in [6.07, 6.45) is 99.8. The summed E-state index contributed by atoms with van der Waals surface area (Å²) in [5.41, 5.74) is 0. The molecule has 0 saturated carbocycles. The molecule has 0 aliphatic heterocycles. The Labute approximate surface area is 544 Å². The van der Waals surface area contributed by atoms with E-state index in [0.29, 0.717) is 19.4 Å². The molecule has 0 rings (SSSR count). The number of amides is 1. The summed E-state index contributed by atoms with van der Waals surface area (Å²) in [4.78, 5) is 24.7. The van der Waals surface area contributed by atoms with Crippen LogP contribution >= 0.6 is 0 Å². The van der Waals surface area contributed by atoms with E-state index >= 15 is 0 Å². The Hall–Kier alpha value is -1.92. The average Bonchev–Trinajstić information content (AvgIpc) is 3.57. The maximum Gasteiger partial charge on any atom is 0.305 e. The molecule has 3 N–H and O–H groups in total. The maximum atomic E-state index is 12.6. The molecule has 0 aromatic heterocycles. The molecule has 0 aromatic rings. The second kappa shape index (κ2) is 76.5. The highest BCUT2D eigenvalue weighted by Crippen LogP contribution is 2.19. The highest BCUT2D eigenvalue weighted by atomic mass is 16.5. The van der Waals surface area contributed by atoms with Crippen molar-refractivity contribution in [2.75, 3.05) is 13.2 Å². The first-order chi connectivity index (χ1) is 43.0. The Bertz CT molecular complexity index is 1410. The van der Waals surface area contributed by atoms with Crippen molar-refractivity contribution in [1.29, 1.82) is 0 Å². The molecule has 2 unspecified atom stereocenters. The monoisotopic (exact) mass is 1220 g/mol. The zero-order chi connectivity index (χ0) is 62.8. The summed E-state index contributed by atoms with van der Waals surface area (Å²) in [5, 5.41) is 23.3. The lowest BCUT2D eigenvalue weighted by Crippen LogP contribution is -2.45. The van der Waals surface area contributed by atoms with Crippen LogP contribution in [0.25, 0.3) is 0 Å². The molecule has 514 valence electrons. The van der Waals surface area contributed by atoms with Gasteiger partial charge in [-0.1, -0.05) is 384 Å². The number of carbonyl (C=O) groups excluding carboxylic acids is 2. The number of aliphatic hydroxyl groups is 2. The van der Waals surface area contributed by atoms with Gasteiger partial charge in [-0.05, 0) is 83.5 Å². The molecule has 0 saturated heterocycles. The summed E-state index contributed by atoms with van der Waals surface area (Å²) in [7, 11) is 0. The third-order valence-corrected chi connectivity index (χ3v) is 18.6. The van der Waals surface area contributed by atoms with E-state index in [2.05, 4.69) is 43.5 Å². The molecule has 6 nitrogen and oxygen atoms in total. The van der Waals surface area contributed by atoms with E-state index in [1.165, 1.54) is 372 Å². The fourth-order valence-electron chi connectivity index (χ4n) is 12.6. The van der Waals surface area contributed by atoms with Gasteiger partial charge in [0.2, 0.25) is 5.91 Å². The van der Waals surface area contributed by atoms with E-state index in [4.69, 9.17) is 4.74 Å². The third kappa shape index (κ3) is 73.0. The van der Waals surface area contributed by atoms with Gasteiger partial charge in [0.1, 0.15) is 0 Å². The Morgan fingerprint density at radius 2 is 0.540 bits per heavy atom. The Morgan fingerprint density at radius 1 is 0.310 bits per heavy atom. The van der Waals surface area contributed by atoms with Crippen molar-refractivity contribution < 1.29 is 24.5 Å². The van der Waals surface area contributed by atoms with Gasteiger partial charge in [0.05, 0.1) is 25.4 Å². The lowest BCUT2D eigenvalue weighted by Gasteiger charge is -2.20. The van der Waals surface area contributed by atoms with Gasteiger partial charge >= 0.3 is 5.97 Å². The summed E-state index contributed by atoms with van der Waals surface area (Å²) in [5.74, 6) is -0.0486. The predicted molar refractivity (Wildman–Crippen MR) is 384 cm³/mol. The van der Waals surface area contributed by atoms with Crippen LogP contribution < -0.4 is 5.32 Å². The largest absolute Gasteiger partial charge is 0.466 e. The van der Waals surface area contributed by atoms with Crippen LogP contribution in [0.4, 0.5) is 0 Å². The first-order valence-corrected chi connectivity index (χ1v) is 39.8. The van der Waals surface area contributed by atoms with Gasteiger partial charge < -0.3 is 20.3 Å². The molecule has 0 radical (unpaired) electrons. The summed E-state index contributed by atoms with van der Waals surface area (Å²) < 4.78 is 5.51. The zero-order valence-electron chi connectivity index (χ0n) is 59.0. The van der Waals surface area contributed by atoms with Crippen molar-refractivity contribution in [3.63, 3.8) is 0 Å². The van der Waals surface area contributed by atoms with Crippen molar-refractivity contribution in [3.8, 4) is 0 Å². The first-order valence-electron chi connectivity index (χ1n) is 39.8. The van der Waals surface area contributed by atoms with Crippen LogP contribution in [-0.4, -0.2) is 47.4 Å². The second-order valence-electron chi connectivity index (χ2n) is 27.4. The van der Waals surface area contributed by atoms with Crippen LogP contribution in [0.1, 0.15) is 444 Å². The van der Waals surface area contributed by atoms with Gasteiger partial charge in [0, 0.05) is 12.8 Å². The van der Waals surface area contributed by atoms with Crippen LogP contribution in [0.2, 0.25) is 0 Å². The van der Waals surface area contributed by atoms with Gasteiger partial charge in [-0.2, -0.15) is 0 Å². The highest BCUT2D eigenvalue weighted by Gasteiger charge is 2.18. The normalized spacial score (nSPS) is 12.6. The van der Waals surface area contributed by atoms with Crippen molar-refractivity contribution in [2.24, 2.45) is 0 Å². The van der Waals surface area contributed by atoms with Crippen LogP contribution in [0, 0.1) is 0 Å². The predicted octanol–water partition coefficient (Wildman–Crippen LogP) is 26.2. The molecule has 0 spiro atoms. The summed E-state index contributed by atoms with van der Waals surface area (Å²) in [6.45, 7) is 4.95. The number of unbranched alkanes of at least 4 members (excludes halogenated alkanes) is 60. The summed E-state index contributed by atoms with van der Waals surface area (Å²) in [6, 6.07) is -0.629. The molecular weight excluding hydrogens is 1070 g/mol. The van der Waals surface area contributed by atoms with Crippen LogP contribution in [-0.2, 0) is 14.3 Å². The van der Waals surface area contributed by atoms with E-state index < -0.39 is 12.1 Å². The Kier molecular flexibility index (Phi) is 74.8. The van der Waals surface area contributed by atoms with Crippen molar-refractivity contribution in [3.05, 3.63) is 36.5 Å². The van der Waals surface area contributed by atoms with Crippen LogP contribution in [0.15, 0.2) is 36.5 Å². The number of esters is 1. The molecular formula is C81H155NO5. The lowest BCUT2D eigenvalue weighted by molar-refractivity contribution is -0.143. The minimum absolute atomic E-state index is 0.0137. The third-order valence-electron chi connectivity index (χ3n) is 18.6. The Balaban J connectivity index is 3.39. The van der Waals surface area contributed by atoms with Gasteiger partial charge in [0.15, 0.2) is 0 Å². The maximum absolute atomic E-state index is 12.6. The van der Waals surface area contributed by atoms with E-state index in [0.717, 1.165) is 44.9 Å². The topological polar surface area (TPSA) is 95.9 Å². The highest BCUT2D eigenvalue weighted by molar-refractivity contribution is 5.76. The molecule has 0 bridgehead atoms. The number of nitrogens with one attached hydrogen (secondary N) is 1. The average molecular weight is 1220 g/mol. The molecule has 0 fully saturated rings. The van der Waals surface area contributed by atoms with Gasteiger partial charge in [-0.3, -0.25) is 9.59 Å². The molecule has 1 amide bonds. The molecule has 2 atom stereocenters. The fourth-order valence-corrected chi connectivity index (χ4v) is 12.6. The quantitative estimate of drug-likeness (QED) is 0.0320. The lowest BCUT2D eigenvalue weighted by atomic mass is 10.0. The van der Waals surface area contributed by atoms with E-state index in [1.807, 2.05) is 6.08 Å². The van der Waals surface area contributed by atoms with E-state index in [1.54, 1.807) is 6.08 Å². The zero-order valence-corrected chi connectivity index (χ0v) is 59.0.